The van der Waals surface area contributed by atoms with Gasteiger partial charge in [0.15, 0.2) is 0 Å². The molecule has 1 unspecified atom stereocenters. The van der Waals surface area contributed by atoms with Crippen LogP contribution in [0.3, 0.4) is 0 Å². The molecular weight excluding hydrogens is 242 g/mol. The molecule has 0 heterocycles. The molecule has 0 aromatic heterocycles. The molecule has 18 heavy (non-hydrogen) atoms. The van der Waals surface area contributed by atoms with Crippen LogP contribution in [0.4, 0.5) is 0 Å². The SMILES string of the molecule is C[C@H](NS(=O)C(C)(C)C)c1ccc(C2CC2)cc1. The first-order valence-corrected chi connectivity index (χ1v) is 7.81. The van der Waals surface area contributed by atoms with Crippen molar-refractivity contribution >= 4 is 11.0 Å². The number of nitrogens with one attached hydrogen (secondary N) is 1. The maximum Gasteiger partial charge on any atom is 0.0975 e. The third kappa shape index (κ3) is 3.42. The maximum absolute atomic E-state index is 12.0. The zero-order valence-corrected chi connectivity index (χ0v) is 12.5. The molecule has 1 aliphatic rings. The predicted molar refractivity (Wildman–Crippen MR) is 77.9 cm³/mol. The van der Waals surface area contributed by atoms with Crippen molar-refractivity contribution in [1.82, 2.24) is 4.72 Å². The van der Waals surface area contributed by atoms with Gasteiger partial charge in [0.25, 0.3) is 0 Å². The Labute approximate surface area is 113 Å². The van der Waals surface area contributed by atoms with Gasteiger partial charge < -0.3 is 0 Å². The van der Waals surface area contributed by atoms with E-state index in [9.17, 15) is 4.21 Å². The minimum atomic E-state index is -1.02. The Hall–Kier alpha value is -0.670. The summed E-state index contributed by atoms with van der Waals surface area (Å²) in [6, 6.07) is 8.87. The molecule has 0 spiro atoms. The van der Waals surface area contributed by atoms with Crippen LogP contribution in [-0.4, -0.2) is 8.96 Å². The molecule has 1 saturated carbocycles. The lowest BCUT2D eigenvalue weighted by Gasteiger charge is -2.22. The van der Waals surface area contributed by atoms with E-state index in [0.717, 1.165) is 5.92 Å². The highest BCUT2D eigenvalue weighted by Gasteiger charge is 2.24. The summed E-state index contributed by atoms with van der Waals surface area (Å²) in [5.41, 5.74) is 2.65. The first-order chi connectivity index (χ1) is 8.38. The maximum atomic E-state index is 12.0. The van der Waals surface area contributed by atoms with Gasteiger partial charge in [0, 0.05) is 6.04 Å². The molecule has 1 fully saturated rings. The summed E-state index contributed by atoms with van der Waals surface area (Å²) in [5, 5.41) is 0. The van der Waals surface area contributed by atoms with Gasteiger partial charge in [0.1, 0.15) is 0 Å². The van der Waals surface area contributed by atoms with E-state index in [0.29, 0.717) is 0 Å². The number of benzene rings is 1. The van der Waals surface area contributed by atoms with Crippen molar-refractivity contribution in [2.75, 3.05) is 0 Å². The van der Waals surface area contributed by atoms with E-state index < -0.39 is 11.0 Å². The Morgan fingerprint density at radius 3 is 2.22 bits per heavy atom. The molecule has 1 aliphatic carbocycles. The summed E-state index contributed by atoms with van der Waals surface area (Å²) in [7, 11) is -1.02. The standard InChI is InChI=1S/C15H23NOS/c1-11(16-18(17)15(2,3)4)12-5-7-13(8-6-12)14-9-10-14/h5-8,11,14,16H,9-10H2,1-4H3/t11-,18?/m0/s1. The molecule has 3 heteroatoms. The van der Waals surface area contributed by atoms with Crippen LogP contribution in [-0.2, 0) is 11.0 Å². The van der Waals surface area contributed by atoms with Gasteiger partial charge in [-0.15, -0.1) is 0 Å². The van der Waals surface area contributed by atoms with E-state index in [1.54, 1.807) is 0 Å². The van der Waals surface area contributed by atoms with Gasteiger partial charge >= 0.3 is 0 Å². The highest BCUT2D eigenvalue weighted by atomic mass is 32.2. The second-order valence-electron chi connectivity index (χ2n) is 6.16. The Kier molecular flexibility index (Phi) is 3.93. The third-order valence-corrected chi connectivity index (χ3v) is 5.01. The number of hydrogen-bond acceptors (Lipinski definition) is 1. The molecule has 0 amide bonds. The van der Waals surface area contributed by atoms with Crippen LogP contribution in [0.2, 0.25) is 0 Å². The lowest BCUT2D eigenvalue weighted by molar-refractivity contribution is 0.616. The molecule has 0 bridgehead atoms. The Morgan fingerprint density at radius 1 is 1.22 bits per heavy atom. The highest BCUT2D eigenvalue weighted by molar-refractivity contribution is 7.84. The monoisotopic (exact) mass is 265 g/mol. The smallest absolute Gasteiger partial charge is 0.0975 e. The van der Waals surface area contributed by atoms with Crippen molar-refractivity contribution in [3.8, 4) is 0 Å². The lowest BCUT2D eigenvalue weighted by atomic mass is 10.0. The quantitative estimate of drug-likeness (QED) is 0.884. The topological polar surface area (TPSA) is 29.1 Å². The molecule has 0 aliphatic heterocycles. The van der Waals surface area contributed by atoms with E-state index in [-0.39, 0.29) is 10.8 Å². The van der Waals surface area contributed by atoms with Crippen LogP contribution in [0.15, 0.2) is 24.3 Å². The summed E-state index contributed by atoms with van der Waals surface area (Å²) in [6.45, 7) is 8.02. The van der Waals surface area contributed by atoms with Gasteiger partial charge in [0.2, 0.25) is 0 Å². The second kappa shape index (κ2) is 5.14. The van der Waals surface area contributed by atoms with E-state index in [4.69, 9.17) is 0 Å². The number of hydrogen-bond donors (Lipinski definition) is 1. The molecule has 1 aromatic carbocycles. The Balaban J connectivity index is 2.00. The van der Waals surface area contributed by atoms with E-state index >= 15 is 0 Å². The molecule has 0 saturated heterocycles. The largest absolute Gasteiger partial charge is 0.242 e. The fourth-order valence-corrected chi connectivity index (χ4v) is 2.69. The highest BCUT2D eigenvalue weighted by Crippen LogP contribution is 2.40. The van der Waals surface area contributed by atoms with Gasteiger partial charge in [0.05, 0.1) is 15.7 Å². The van der Waals surface area contributed by atoms with Crippen molar-refractivity contribution in [3.63, 3.8) is 0 Å². The van der Waals surface area contributed by atoms with Gasteiger partial charge in [-0.25, -0.2) is 8.93 Å². The van der Waals surface area contributed by atoms with E-state index in [1.807, 2.05) is 20.8 Å². The van der Waals surface area contributed by atoms with Crippen molar-refractivity contribution < 1.29 is 4.21 Å². The average Bonchev–Trinajstić information content (AvgIpc) is 3.11. The normalized spacial score (nSPS) is 19.6. The fourth-order valence-electron chi connectivity index (χ4n) is 1.88. The average molecular weight is 265 g/mol. The van der Waals surface area contributed by atoms with Crippen LogP contribution < -0.4 is 4.72 Å². The molecule has 1 N–H and O–H groups in total. The van der Waals surface area contributed by atoms with E-state index in [1.165, 1.54) is 24.0 Å². The van der Waals surface area contributed by atoms with Crippen LogP contribution >= 0.6 is 0 Å². The Morgan fingerprint density at radius 2 is 1.78 bits per heavy atom. The second-order valence-corrected chi connectivity index (χ2v) is 8.16. The van der Waals surface area contributed by atoms with Gasteiger partial charge in [-0.2, -0.15) is 0 Å². The zero-order valence-electron chi connectivity index (χ0n) is 11.7. The van der Waals surface area contributed by atoms with Crippen LogP contribution in [0.25, 0.3) is 0 Å². The fraction of sp³-hybridized carbons (Fsp3) is 0.600. The summed E-state index contributed by atoms with van der Waals surface area (Å²) >= 11 is 0. The molecule has 1 aromatic rings. The van der Waals surface area contributed by atoms with Gasteiger partial charge in [-0.05, 0) is 57.6 Å². The van der Waals surface area contributed by atoms with Crippen molar-refractivity contribution in [3.05, 3.63) is 35.4 Å². The van der Waals surface area contributed by atoms with Crippen molar-refractivity contribution in [2.24, 2.45) is 0 Å². The van der Waals surface area contributed by atoms with Crippen LogP contribution in [0.5, 0.6) is 0 Å². The lowest BCUT2D eigenvalue weighted by Crippen LogP contribution is -2.34. The van der Waals surface area contributed by atoms with Gasteiger partial charge in [-0.3, -0.25) is 0 Å². The minimum absolute atomic E-state index is 0.123. The third-order valence-electron chi connectivity index (χ3n) is 3.33. The zero-order chi connectivity index (χ0) is 13.3. The number of rotatable bonds is 4. The summed E-state index contributed by atoms with van der Waals surface area (Å²) in [6.07, 6.45) is 2.67. The minimum Gasteiger partial charge on any atom is -0.242 e. The first-order valence-electron chi connectivity index (χ1n) is 6.66. The molecule has 0 radical (unpaired) electrons. The molecule has 2 nitrogen and oxygen atoms in total. The summed E-state index contributed by atoms with van der Waals surface area (Å²) in [4.78, 5) is 0. The van der Waals surface area contributed by atoms with Gasteiger partial charge in [-0.1, -0.05) is 24.3 Å². The first kappa shape index (κ1) is 13.8. The molecule has 2 rings (SSSR count). The molecule has 2 atom stereocenters. The van der Waals surface area contributed by atoms with E-state index in [2.05, 4.69) is 35.9 Å². The van der Waals surface area contributed by atoms with Crippen LogP contribution in [0, 0.1) is 0 Å². The summed E-state index contributed by atoms with van der Waals surface area (Å²) in [5.74, 6) is 0.797. The van der Waals surface area contributed by atoms with Crippen LogP contribution in [0.1, 0.15) is 63.6 Å². The molecule has 100 valence electrons. The predicted octanol–water partition coefficient (Wildman–Crippen LogP) is 3.68. The summed E-state index contributed by atoms with van der Waals surface area (Å²) < 4.78 is 15.0. The Bertz CT molecular complexity index is 429. The van der Waals surface area contributed by atoms with Crippen molar-refractivity contribution in [2.45, 2.75) is 57.2 Å². The molecular formula is C15H23NOS. The van der Waals surface area contributed by atoms with Crippen molar-refractivity contribution in [1.29, 1.82) is 0 Å².